The second-order valence-corrected chi connectivity index (χ2v) is 3.64. The van der Waals surface area contributed by atoms with E-state index in [0.717, 1.165) is 6.54 Å². The summed E-state index contributed by atoms with van der Waals surface area (Å²) < 4.78 is 0. The van der Waals surface area contributed by atoms with E-state index < -0.39 is 5.97 Å². The van der Waals surface area contributed by atoms with Crippen molar-refractivity contribution in [2.75, 3.05) is 6.54 Å². The van der Waals surface area contributed by atoms with Gasteiger partial charge in [-0.15, -0.1) is 0 Å². The summed E-state index contributed by atoms with van der Waals surface area (Å²) in [6.07, 6.45) is 0.694. The van der Waals surface area contributed by atoms with Gasteiger partial charge in [0.05, 0.1) is 0 Å². The Bertz CT molecular complexity index is 323. The van der Waals surface area contributed by atoms with Crippen molar-refractivity contribution in [1.82, 2.24) is 5.32 Å². The molecule has 1 aromatic carbocycles. The Labute approximate surface area is 82.8 Å². The Morgan fingerprint density at radius 2 is 2.07 bits per heavy atom. The molecule has 0 radical (unpaired) electrons. The number of benzene rings is 1. The van der Waals surface area contributed by atoms with Gasteiger partial charge in [-0.1, -0.05) is 30.3 Å². The monoisotopic (exact) mass is 191 g/mol. The Kier molecular flexibility index (Phi) is 2.50. The molecular formula is C11H13NO2. The predicted molar refractivity (Wildman–Crippen MR) is 53.2 cm³/mol. The maximum Gasteiger partial charge on any atom is 0.320 e. The molecule has 2 rings (SSSR count). The van der Waals surface area contributed by atoms with Crippen LogP contribution in [0, 0.1) is 0 Å². The van der Waals surface area contributed by atoms with Crippen LogP contribution in [0.1, 0.15) is 17.9 Å². The average Bonchev–Trinajstić information content (AvgIpc) is 2.68. The first kappa shape index (κ1) is 9.21. The van der Waals surface area contributed by atoms with E-state index in [2.05, 4.69) is 17.4 Å². The highest BCUT2D eigenvalue weighted by atomic mass is 16.4. The van der Waals surface area contributed by atoms with E-state index in [4.69, 9.17) is 5.11 Å². The lowest BCUT2D eigenvalue weighted by atomic mass is 9.96. The standard InChI is InChI=1S/C11H13NO2/c13-11(14)10-6-9(7-12-10)8-4-2-1-3-5-8/h1-5,9-10,12H,6-7H2,(H,13,14)/t9?,10-/m0/s1. The Hall–Kier alpha value is -1.35. The van der Waals surface area contributed by atoms with Gasteiger partial charge in [-0.05, 0) is 17.9 Å². The van der Waals surface area contributed by atoms with Crippen LogP contribution in [0.5, 0.6) is 0 Å². The third-order valence-corrected chi connectivity index (χ3v) is 2.70. The fourth-order valence-electron chi connectivity index (χ4n) is 1.90. The Balaban J connectivity index is 2.06. The van der Waals surface area contributed by atoms with E-state index in [1.54, 1.807) is 0 Å². The number of rotatable bonds is 2. The topological polar surface area (TPSA) is 49.3 Å². The van der Waals surface area contributed by atoms with E-state index >= 15 is 0 Å². The Morgan fingerprint density at radius 3 is 2.64 bits per heavy atom. The number of aliphatic carboxylic acids is 1. The molecule has 2 atom stereocenters. The molecule has 2 N–H and O–H groups in total. The molecular weight excluding hydrogens is 178 g/mol. The van der Waals surface area contributed by atoms with E-state index in [-0.39, 0.29) is 6.04 Å². The smallest absolute Gasteiger partial charge is 0.320 e. The van der Waals surface area contributed by atoms with Crippen LogP contribution in [0.3, 0.4) is 0 Å². The SMILES string of the molecule is O=C(O)[C@@H]1CC(c2ccccc2)CN1. The van der Waals surface area contributed by atoms with Crippen LogP contribution in [0.4, 0.5) is 0 Å². The van der Waals surface area contributed by atoms with Crippen LogP contribution in [0.15, 0.2) is 30.3 Å². The highest BCUT2D eigenvalue weighted by molar-refractivity contribution is 5.74. The molecule has 1 heterocycles. The van der Waals surface area contributed by atoms with E-state index in [0.29, 0.717) is 12.3 Å². The third kappa shape index (κ3) is 1.77. The molecule has 3 nitrogen and oxygen atoms in total. The van der Waals surface area contributed by atoms with Crippen molar-refractivity contribution in [1.29, 1.82) is 0 Å². The molecule has 0 aromatic heterocycles. The van der Waals surface area contributed by atoms with Crippen molar-refractivity contribution < 1.29 is 9.90 Å². The lowest BCUT2D eigenvalue weighted by Crippen LogP contribution is -2.29. The van der Waals surface area contributed by atoms with Crippen molar-refractivity contribution in [3.8, 4) is 0 Å². The van der Waals surface area contributed by atoms with Crippen LogP contribution in [-0.2, 0) is 4.79 Å². The highest BCUT2D eigenvalue weighted by Crippen LogP contribution is 2.25. The van der Waals surface area contributed by atoms with Gasteiger partial charge >= 0.3 is 5.97 Å². The lowest BCUT2D eigenvalue weighted by Gasteiger charge is -2.07. The molecule has 0 spiro atoms. The summed E-state index contributed by atoms with van der Waals surface area (Å²) in [4.78, 5) is 10.7. The number of hydrogen-bond acceptors (Lipinski definition) is 2. The maximum absolute atomic E-state index is 10.7. The second-order valence-electron chi connectivity index (χ2n) is 3.64. The zero-order chi connectivity index (χ0) is 9.97. The van der Waals surface area contributed by atoms with Crippen molar-refractivity contribution in [2.45, 2.75) is 18.4 Å². The van der Waals surface area contributed by atoms with E-state index in [1.165, 1.54) is 5.56 Å². The number of carbonyl (C=O) groups is 1. The minimum Gasteiger partial charge on any atom is -0.480 e. The van der Waals surface area contributed by atoms with Gasteiger partial charge in [0.25, 0.3) is 0 Å². The fraction of sp³-hybridized carbons (Fsp3) is 0.364. The fourth-order valence-corrected chi connectivity index (χ4v) is 1.90. The largest absolute Gasteiger partial charge is 0.480 e. The first-order valence-electron chi connectivity index (χ1n) is 4.78. The van der Waals surface area contributed by atoms with Crippen LogP contribution < -0.4 is 5.32 Å². The number of hydrogen-bond donors (Lipinski definition) is 2. The van der Waals surface area contributed by atoms with Crippen LogP contribution in [0.2, 0.25) is 0 Å². The van der Waals surface area contributed by atoms with Gasteiger partial charge in [-0.2, -0.15) is 0 Å². The molecule has 0 bridgehead atoms. The van der Waals surface area contributed by atoms with Crippen molar-refractivity contribution in [3.63, 3.8) is 0 Å². The van der Waals surface area contributed by atoms with E-state index in [9.17, 15) is 4.79 Å². The molecule has 1 aliphatic rings. The van der Waals surface area contributed by atoms with Gasteiger partial charge in [-0.25, -0.2) is 0 Å². The first-order valence-corrected chi connectivity index (χ1v) is 4.78. The molecule has 3 heteroatoms. The lowest BCUT2D eigenvalue weighted by molar-refractivity contribution is -0.139. The number of carboxylic acid groups (broad SMARTS) is 1. The normalized spacial score (nSPS) is 26.3. The third-order valence-electron chi connectivity index (χ3n) is 2.70. The number of carboxylic acids is 1. The Morgan fingerprint density at radius 1 is 1.36 bits per heavy atom. The summed E-state index contributed by atoms with van der Waals surface area (Å²) in [7, 11) is 0. The average molecular weight is 191 g/mol. The summed E-state index contributed by atoms with van der Waals surface area (Å²) in [6, 6.07) is 9.68. The molecule has 1 unspecified atom stereocenters. The predicted octanol–water partition coefficient (Wildman–Crippen LogP) is 1.22. The van der Waals surface area contributed by atoms with Crippen molar-refractivity contribution >= 4 is 5.97 Å². The first-order chi connectivity index (χ1) is 6.77. The van der Waals surface area contributed by atoms with Crippen LogP contribution >= 0.6 is 0 Å². The van der Waals surface area contributed by atoms with Gasteiger partial charge in [0, 0.05) is 6.54 Å². The quantitative estimate of drug-likeness (QED) is 0.738. The second kappa shape index (κ2) is 3.80. The molecule has 1 aromatic rings. The van der Waals surface area contributed by atoms with Gasteiger partial charge in [0.1, 0.15) is 6.04 Å². The van der Waals surface area contributed by atoms with Gasteiger partial charge in [0.15, 0.2) is 0 Å². The zero-order valence-corrected chi connectivity index (χ0v) is 7.81. The van der Waals surface area contributed by atoms with Gasteiger partial charge in [-0.3, -0.25) is 4.79 Å². The van der Waals surface area contributed by atoms with Crippen molar-refractivity contribution in [3.05, 3.63) is 35.9 Å². The molecule has 74 valence electrons. The molecule has 1 saturated heterocycles. The summed E-state index contributed by atoms with van der Waals surface area (Å²) in [5, 5.41) is 11.8. The molecule has 0 aliphatic carbocycles. The van der Waals surface area contributed by atoms with Gasteiger partial charge in [0.2, 0.25) is 0 Å². The molecule has 0 amide bonds. The summed E-state index contributed by atoms with van der Waals surface area (Å²) in [5.41, 5.74) is 1.23. The van der Waals surface area contributed by atoms with Crippen molar-refractivity contribution in [2.24, 2.45) is 0 Å². The minimum atomic E-state index is -0.747. The van der Waals surface area contributed by atoms with Crippen LogP contribution in [-0.4, -0.2) is 23.7 Å². The number of nitrogens with one attached hydrogen (secondary N) is 1. The summed E-state index contributed by atoms with van der Waals surface area (Å²) in [5.74, 6) is -0.402. The highest BCUT2D eigenvalue weighted by Gasteiger charge is 2.29. The minimum absolute atomic E-state index is 0.345. The van der Waals surface area contributed by atoms with Gasteiger partial charge < -0.3 is 10.4 Å². The zero-order valence-electron chi connectivity index (χ0n) is 7.81. The molecule has 14 heavy (non-hydrogen) atoms. The summed E-state index contributed by atoms with van der Waals surface area (Å²) in [6.45, 7) is 0.765. The van der Waals surface area contributed by atoms with Crippen LogP contribution in [0.25, 0.3) is 0 Å². The molecule has 0 saturated carbocycles. The maximum atomic E-state index is 10.7. The van der Waals surface area contributed by atoms with E-state index in [1.807, 2.05) is 18.2 Å². The molecule has 1 aliphatic heterocycles. The molecule has 1 fully saturated rings. The summed E-state index contributed by atoms with van der Waals surface area (Å²) >= 11 is 0.